The molecule has 2 unspecified atom stereocenters. The Morgan fingerprint density at radius 2 is 1.88 bits per heavy atom. The molecule has 1 rings (SSSR count). The molecule has 0 amide bonds. The van der Waals surface area contributed by atoms with E-state index in [-0.39, 0.29) is 0 Å². The molecule has 0 saturated carbocycles. The van der Waals surface area contributed by atoms with Crippen LogP contribution in [0, 0.1) is 0 Å². The van der Waals surface area contributed by atoms with Crippen LogP contribution in [0.15, 0.2) is 0 Å². The first-order valence-corrected chi connectivity index (χ1v) is 3.51. The van der Waals surface area contributed by atoms with Gasteiger partial charge in [0, 0.05) is 12.1 Å². The minimum atomic E-state index is 0.856. The summed E-state index contributed by atoms with van der Waals surface area (Å²) in [4.78, 5) is 2.51. The Hall–Kier alpha value is -0.0400. The maximum Gasteiger partial charge on any atom is 0.00844 e. The van der Waals surface area contributed by atoms with Gasteiger partial charge in [0.15, 0.2) is 0 Å². The molecule has 2 atom stereocenters. The third kappa shape index (κ3) is 0.752. The Balaban J connectivity index is 2.29. The van der Waals surface area contributed by atoms with Crippen molar-refractivity contribution in [3.8, 4) is 0 Å². The second-order valence-corrected chi connectivity index (χ2v) is 2.76. The van der Waals surface area contributed by atoms with E-state index in [4.69, 9.17) is 0 Å². The molecule has 1 fully saturated rings. The molecule has 1 saturated heterocycles. The second kappa shape index (κ2) is 2.06. The first kappa shape index (κ1) is 6.09. The minimum Gasteiger partial charge on any atom is -0.298 e. The van der Waals surface area contributed by atoms with E-state index in [0.717, 1.165) is 12.1 Å². The van der Waals surface area contributed by atoms with Gasteiger partial charge in [-0.2, -0.15) is 0 Å². The zero-order chi connectivity index (χ0) is 6.15. The van der Waals surface area contributed by atoms with Gasteiger partial charge in [-0.25, -0.2) is 0 Å². The predicted molar refractivity (Wildman–Crippen MR) is 35.9 cm³/mol. The standard InChI is InChI=1S/C7H15N/c1-4-8-6(2)5-7(8)3/h6-7H,4-5H2,1-3H3. The molecule has 0 spiro atoms. The molecule has 1 aliphatic rings. The van der Waals surface area contributed by atoms with Gasteiger partial charge in [-0.1, -0.05) is 6.92 Å². The molecule has 0 aromatic heterocycles. The van der Waals surface area contributed by atoms with Crippen LogP contribution in [-0.2, 0) is 0 Å². The lowest BCUT2D eigenvalue weighted by Crippen LogP contribution is -2.52. The minimum absolute atomic E-state index is 0.856. The van der Waals surface area contributed by atoms with E-state index in [9.17, 15) is 0 Å². The van der Waals surface area contributed by atoms with Crippen molar-refractivity contribution in [3.63, 3.8) is 0 Å². The van der Waals surface area contributed by atoms with Crippen molar-refractivity contribution < 1.29 is 0 Å². The summed E-state index contributed by atoms with van der Waals surface area (Å²) in [7, 11) is 0. The first-order valence-electron chi connectivity index (χ1n) is 3.51. The van der Waals surface area contributed by atoms with Crippen LogP contribution in [0.3, 0.4) is 0 Å². The molecule has 1 heteroatoms. The van der Waals surface area contributed by atoms with Gasteiger partial charge in [-0.15, -0.1) is 0 Å². The molecule has 1 heterocycles. The summed E-state index contributed by atoms with van der Waals surface area (Å²) in [6.07, 6.45) is 1.40. The zero-order valence-electron chi connectivity index (χ0n) is 6.02. The van der Waals surface area contributed by atoms with Gasteiger partial charge in [0.25, 0.3) is 0 Å². The highest BCUT2D eigenvalue weighted by atomic mass is 15.2. The normalized spacial score (nSPS) is 39.4. The second-order valence-electron chi connectivity index (χ2n) is 2.76. The maximum atomic E-state index is 2.51. The highest BCUT2D eigenvalue weighted by Crippen LogP contribution is 2.23. The topological polar surface area (TPSA) is 3.24 Å². The number of likely N-dealkylation sites (tertiary alicyclic amines) is 1. The molecule has 8 heavy (non-hydrogen) atoms. The predicted octanol–water partition coefficient (Wildman–Crippen LogP) is 1.49. The van der Waals surface area contributed by atoms with Crippen LogP contribution in [0.2, 0.25) is 0 Å². The monoisotopic (exact) mass is 113 g/mol. The summed E-state index contributed by atoms with van der Waals surface area (Å²) in [6, 6.07) is 1.71. The van der Waals surface area contributed by atoms with E-state index in [0.29, 0.717) is 0 Å². The number of rotatable bonds is 1. The Kier molecular flexibility index (Phi) is 1.57. The lowest BCUT2D eigenvalue weighted by Gasteiger charge is -2.44. The molecule has 0 aliphatic carbocycles. The van der Waals surface area contributed by atoms with Crippen LogP contribution in [0.5, 0.6) is 0 Å². The van der Waals surface area contributed by atoms with Crippen LogP contribution in [-0.4, -0.2) is 23.5 Å². The fraction of sp³-hybridized carbons (Fsp3) is 1.00. The lowest BCUT2D eigenvalue weighted by molar-refractivity contribution is 0.0444. The Morgan fingerprint density at radius 1 is 1.38 bits per heavy atom. The summed E-state index contributed by atoms with van der Waals surface area (Å²) in [5, 5.41) is 0. The summed E-state index contributed by atoms with van der Waals surface area (Å²) < 4.78 is 0. The fourth-order valence-electron chi connectivity index (χ4n) is 1.68. The summed E-state index contributed by atoms with van der Waals surface area (Å²) in [5.74, 6) is 0. The largest absolute Gasteiger partial charge is 0.298 e. The van der Waals surface area contributed by atoms with Crippen molar-refractivity contribution in [2.45, 2.75) is 39.3 Å². The van der Waals surface area contributed by atoms with E-state index >= 15 is 0 Å². The lowest BCUT2D eigenvalue weighted by atomic mass is 9.96. The van der Waals surface area contributed by atoms with Gasteiger partial charge in [0.05, 0.1) is 0 Å². The molecule has 48 valence electrons. The SMILES string of the molecule is CCN1C(C)CC1C. The van der Waals surface area contributed by atoms with Crippen molar-refractivity contribution in [1.82, 2.24) is 4.90 Å². The average molecular weight is 113 g/mol. The highest BCUT2D eigenvalue weighted by molar-refractivity contribution is 4.85. The van der Waals surface area contributed by atoms with Gasteiger partial charge >= 0.3 is 0 Å². The van der Waals surface area contributed by atoms with E-state index in [1.165, 1.54) is 13.0 Å². The molecule has 0 aromatic carbocycles. The van der Waals surface area contributed by atoms with Crippen molar-refractivity contribution >= 4 is 0 Å². The summed E-state index contributed by atoms with van der Waals surface area (Å²) >= 11 is 0. The Morgan fingerprint density at radius 3 is 2.00 bits per heavy atom. The van der Waals surface area contributed by atoms with Gasteiger partial charge in [-0.3, -0.25) is 4.90 Å². The van der Waals surface area contributed by atoms with E-state index in [1.54, 1.807) is 0 Å². The van der Waals surface area contributed by atoms with Crippen molar-refractivity contribution in [2.24, 2.45) is 0 Å². The van der Waals surface area contributed by atoms with Crippen molar-refractivity contribution in [1.29, 1.82) is 0 Å². The molecule has 0 bridgehead atoms. The van der Waals surface area contributed by atoms with Crippen LogP contribution in [0.1, 0.15) is 27.2 Å². The number of hydrogen-bond donors (Lipinski definition) is 0. The zero-order valence-corrected chi connectivity index (χ0v) is 6.02. The van der Waals surface area contributed by atoms with Gasteiger partial charge in [0.2, 0.25) is 0 Å². The first-order chi connectivity index (χ1) is 3.75. The highest BCUT2D eigenvalue weighted by Gasteiger charge is 2.29. The third-order valence-electron chi connectivity index (χ3n) is 2.18. The average Bonchev–Trinajstić information content (AvgIpc) is 1.67. The molecule has 1 aliphatic heterocycles. The smallest absolute Gasteiger partial charge is 0.00844 e. The summed E-state index contributed by atoms with van der Waals surface area (Å²) in [6.45, 7) is 8.04. The third-order valence-corrected chi connectivity index (χ3v) is 2.18. The Bertz CT molecular complexity index is 72.5. The van der Waals surface area contributed by atoms with E-state index in [2.05, 4.69) is 25.7 Å². The van der Waals surface area contributed by atoms with E-state index < -0.39 is 0 Å². The number of nitrogens with zero attached hydrogens (tertiary/aromatic N) is 1. The van der Waals surface area contributed by atoms with Crippen LogP contribution in [0.4, 0.5) is 0 Å². The van der Waals surface area contributed by atoms with Crippen LogP contribution < -0.4 is 0 Å². The maximum absolute atomic E-state index is 2.51. The van der Waals surface area contributed by atoms with Crippen LogP contribution in [0.25, 0.3) is 0 Å². The number of hydrogen-bond acceptors (Lipinski definition) is 1. The molecular formula is C7H15N. The molecule has 0 aromatic rings. The van der Waals surface area contributed by atoms with E-state index in [1.807, 2.05) is 0 Å². The molecule has 0 N–H and O–H groups in total. The van der Waals surface area contributed by atoms with Gasteiger partial charge in [0.1, 0.15) is 0 Å². The van der Waals surface area contributed by atoms with Crippen molar-refractivity contribution in [3.05, 3.63) is 0 Å². The van der Waals surface area contributed by atoms with Gasteiger partial charge < -0.3 is 0 Å². The molecular weight excluding hydrogens is 98.1 g/mol. The van der Waals surface area contributed by atoms with Crippen molar-refractivity contribution in [2.75, 3.05) is 6.54 Å². The van der Waals surface area contributed by atoms with Gasteiger partial charge in [-0.05, 0) is 26.8 Å². The Labute approximate surface area is 51.7 Å². The quantitative estimate of drug-likeness (QED) is 0.498. The molecule has 1 nitrogen and oxygen atoms in total. The fourth-order valence-corrected chi connectivity index (χ4v) is 1.68. The van der Waals surface area contributed by atoms with Crippen LogP contribution >= 0.6 is 0 Å². The summed E-state index contributed by atoms with van der Waals surface area (Å²) in [5.41, 5.74) is 0. The molecule has 0 radical (unpaired) electrons.